The van der Waals surface area contributed by atoms with Gasteiger partial charge in [-0.15, -0.1) is 11.3 Å². The summed E-state index contributed by atoms with van der Waals surface area (Å²) in [6.07, 6.45) is 2.13. The largest absolute Gasteiger partial charge is 0.381 e. The number of hydrogen-bond donors (Lipinski definition) is 1. The summed E-state index contributed by atoms with van der Waals surface area (Å²) in [5.41, 5.74) is 0. The van der Waals surface area contributed by atoms with Gasteiger partial charge in [-0.2, -0.15) is 0 Å². The fourth-order valence-corrected chi connectivity index (χ4v) is 3.33. The molecule has 1 heterocycles. The van der Waals surface area contributed by atoms with Crippen LogP contribution in [0.15, 0.2) is 15.9 Å². The minimum absolute atomic E-state index is 0.413. The van der Waals surface area contributed by atoms with E-state index in [2.05, 4.69) is 46.5 Å². The Balaban J connectivity index is 2.45. The van der Waals surface area contributed by atoms with Gasteiger partial charge in [0.25, 0.3) is 0 Å². The normalized spacial score (nSPS) is 12.9. The second-order valence-electron chi connectivity index (χ2n) is 3.64. The van der Waals surface area contributed by atoms with Crippen LogP contribution in [-0.2, 0) is 4.74 Å². The van der Waals surface area contributed by atoms with Crippen molar-refractivity contribution in [3.63, 3.8) is 0 Å². The van der Waals surface area contributed by atoms with Crippen LogP contribution >= 0.6 is 27.3 Å². The number of ether oxygens (including phenoxy) is 1. The highest BCUT2D eigenvalue weighted by Gasteiger charge is 2.14. The molecule has 0 saturated heterocycles. The molecular weight excluding hydrogens is 286 g/mol. The smallest absolute Gasteiger partial charge is 0.0484 e. The summed E-state index contributed by atoms with van der Waals surface area (Å²) in [6.45, 7) is 6.96. The number of hydrogen-bond acceptors (Lipinski definition) is 3. The number of halogens is 1. The predicted octanol–water partition coefficient (Wildman–Crippen LogP) is 3.98. The van der Waals surface area contributed by atoms with E-state index in [-0.39, 0.29) is 0 Å². The van der Waals surface area contributed by atoms with E-state index >= 15 is 0 Å². The first-order valence-corrected chi connectivity index (χ1v) is 7.50. The van der Waals surface area contributed by atoms with Crippen molar-refractivity contribution in [1.29, 1.82) is 0 Å². The van der Waals surface area contributed by atoms with Crippen LogP contribution in [0.4, 0.5) is 0 Å². The van der Waals surface area contributed by atoms with E-state index in [1.54, 1.807) is 11.3 Å². The van der Waals surface area contributed by atoms with Gasteiger partial charge in [-0.3, -0.25) is 0 Å². The topological polar surface area (TPSA) is 21.3 Å². The Morgan fingerprint density at radius 1 is 1.44 bits per heavy atom. The first-order valence-electron chi connectivity index (χ1n) is 5.83. The summed E-state index contributed by atoms with van der Waals surface area (Å²) in [5, 5.41) is 5.62. The zero-order valence-corrected chi connectivity index (χ0v) is 12.4. The van der Waals surface area contributed by atoms with Gasteiger partial charge in [0.1, 0.15) is 0 Å². The van der Waals surface area contributed by atoms with Crippen LogP contribution in [0.2, 0.25) is 0 Å². The summed E-state index contributed by atoms with van der Waals surface area (Å²) >= 11 is 5.39. The molecule has 0 bridgehead atoms. The van der Waals surface area contributed by atoms with Crippen LogP contribution in [-0.4, -0.2) is 19.8 Å². The van der Waals surface area contributed by atoms with E-state index in [4.69, 9.17) is 4.74 Å². The first-order chi connectivity index (χ1) is 7.79. The highest BCUT2D eigenvalue weighted by atomic mass is 79.9. The zero-order chi connectivity index (χ0) is 11.8. The van der Waals surface area contributed by atoms with Crippen molar-refractivity contribution in [2.24, 2.45) is 0 Å². The van der Waals surface area contributed by atoms with Crippen molar-refractivity contribution in [2.75, 3.05) is 19.8 Å². The molecule has 0 aliphatic rings. The Bertz CT molecular complexity index is 290. The van der Waals surface area contributed by atoms with Crippen molar-refractivity contribution in [3.8, 4) is 0 Å². The molecule has 1 atom stereocenters. The third-order valence-corrected chi connectivity index (χ3v) is 4.30. The van der Waals surface area contributed by atoms with E-state index in [1.165, 1.54) is 9.35 Å². The van der Waals surface area contributed by atoms with Crippen molar-refractivity contribution in [2.45, 2.75) is 32.7 Å². The second-order valence-corrected chi connectivity index (χ2v) is 5.45. The monoisotopic (exact) mass is 305 g/mol. The quantitative estimate of drug-likeness (QED) is 0.734. The molecule has 0 saturated carbocycles. The molecule has 1 aromatic heterocycles. The Hall–Kier alpha value is 0.100. The van der Waals surface area contributed by atoms with Crippen LogP contribution in [0.3, 0.4) is 0 Å². The zero-order valence-electron chi connectivity index (χ0n) is 9.96. The minimum Gasteiger partial charge on any atom is -0.381 e. The lowest BCUT2D eigenvalue weighted by molar-refractivity contribution is 0.125. The summed E-state index contributed by atoms with van der Waals surface area (Å²) in [6, 6.07) is 2.52. The van der Waals surface area contributed by atoms with Gasteiger partial charge >= 0.3 is 0 Å². The molecule has 92 valence electrons. The van der Waals surface area contributed by atoms with E-state index in [9.17, 15) is 0 Å². The molecule has 0 fully saturated rings. The average molecular weight is 306 g/mol. The molecule has 1 aromatic rings. The maximum Gasteiger partial charge on any atom is 0.0484 e. The lowest BCUT2D eigenvalue weighted by Gasteiger charge is -2.17. The summed E-state index contributed by atoms with van der Waals surface area (Å²) in [7, 11) is 0. The SMILES string of the molecule is CCCOCCC(NCC)c1sccc1Br. The van der Waals surface area contributed by atoms with Gasteiger partial charge in [0, 0.05) is 28.6 Å². The summed E-state index contributed by atoms with van der Waals surface area (Å²) in [4.78, 5) is 1.38. The van der Waals surface area contributed by atoms with E-state index < -0.39 is 0 Å². The van der Waals surface area contributed by atoms with Crippen molar-refractivity contribution in [3.05, 3.63) is 20.8 Å². The van der Waals surface area contributed by atoms with Crippen LogP contribution < -0.4 is 5.32 Å². The highest BCUT2D eigenvalue weighted by molar-refractivity contribution is 9.10. The molecule has 0 radical (unpaired) electrons. The Morgan fingerprint density at radius 3 is 2.81 bits per heavy atom. The van der Waals surface area contributed by atoms with Gasteiger partial charge in [-0.1, -0.05) is 13.8 Å². The fraction of sp³-hybridized carbons (Fsp3) is 0.667. The number of nitrogens with one attached hydrogen (secondary N) is 1. The van der Waals surface area contributed by atoms with Crippen molar-refractivity contribution < 1.29 is 4.74 Å². The molecule has 0 aliphatic carbocycles. The van der Waals surface area contributed by atoms with Crippen LogP contribution in [0.5, 0.6) is 0 Å². The minimum atomic E-state index is 0.413. The van der Waals surface area contributed by atoms with Gasteiger partial charge in [-0.05, 0) is 46.8 Å². The highest BCUT2D eigenvalue weighted by Crippen LogP contribution is 2.30. The average Bonchev–Trinajstić information content (AvgIpc) is 2.69. The van der Waals surface area contributed by atoms with Crippen molar-refractivity contribution >= 4 is 27.3 Å². The second kappa shape index (κ2) is 8.23. The van der Waals surface area contributed by atoms with Gasteiger partial charge in [0.05, 0.1) is 0 Å². The Labute approximate surface area is 111 Å². The van der Waals surface area contributed by atoms with Gasteiger partial charge in [-0.25, -0.2) is 0 Å². The number of rotatable bonds is 8. The third kappa shape index (κ3) is 4.53. The molecular formula is C12H20BrNOS. The molecule has 1 N–H and O–H groups in total. The molecule has 0 spiro atoms. The van der Waals surface area contributed by atoms with E-state index in [0.29, 0.717) is 6.04 Å². The predicted molar refractivity (Wildman–Crippen MR) is 74.2 cm³/mol. The molecule has 0 aliphatic heterocycles. The third-order valence-electron chi connectivity index (χ3n) is 2.31. The number of thiophene rings is 1. The fourth-order valence-electron chi connectivity index (χ4n) is 1.57. The Kier molecular flexibility index (Phi) is 7.28. The van der Waals surface area contributed by atoms with Crippen LogP contribution in [0, 0.1) is 0 Å². The van der Waals surface area contributed by atoms with Crippen LogP contribution in [0.25, 0.3) is 0 Å². The molecule has 1 unspecified atom stereocenters. The molecule has 0 aromatic carbocycles. The van der Waals surface area contributed by atoms with Gasteiger partial charge in [0.15, 0.2) is 0 Å². The lowest BCUT2D eigenvalue weighted by Crippen LogP contribution is -2.21. The summed E-state index contributed by atoms with van der Waals surface area (Å²) < 4.78 is 6.75. The standard InChI is InChI=1S/C12H20BrNOS/c1-3-7-15-8-5-11(14-4-2)12-10(13)6-9-16-12/h6,9,11,14H,3-5,7-8H2,1-2H3. The molecule has 4 heteroatoms. The molecule has 16 heavy (non-hydrogen) atoms. The van der Waals surface area contributed by atoms with E-state index in [0.717, 1.165) is 32.6 Å². The van der Waals surface area contributed by atoms with Gasteiger partial charge in [0.2, 0.25) is 0 Å². The molecule has 1 rings (SSSR count). The molecule has 0 amide bonds. The summed E-state index contributed by atoms with van der Waals surface area (Å²) in [5.74, 6) is 0. The maximum atomic E-state index is 5.55. The Morgan fingerprint density at radius 2 is 2.25 bits per heavy atom. The molecule has 2 nitrogen and oxygen atoms in total. The lowest BCUT2D eigenvalue weighted by atomic mass is 10.2. The van der Waals surface area contributed by atoms with Gasteiger partial charge < -0.3 is 10.1 Å². The first kappa shape index (κ1) is 14.2. The maximum absolute atomic E-state index is 5.55. The van der Waals surface area contributed by atoms with Crippen molar-refractivity contribution in [1.82, 2.24) is 5.32 Å². The van der Waals surface area contributed by atoms with E-state index in [1.807, 2.05) is 0 Å². The van der Waals surface area contributed by atoms with Crippen LogP contribution in [0.1, 0.15) is 37.6 Å².